The number of nitrogens with one attached hydrogen (secondary N) is 1. The van der Waals surface area contributed by atoms with E-state index < -0.39 is 11.7 Å². The Morgan fingerprint density at radius 3 is 2.58 bits per heavy atom. The molecule has 1 amide bonds. The summed E-state index contributed by atoms with van der Waals surface area (Å²) in [6, 6.07) is 0.0483. The lowest BCUT2D eigenvalue weighted by atomic mass is 10.3. The van der Waals surface area contributed by atoms with Crippen LogP contribution >= 0.6 is 0 Å². The molecule has 0 radical (unpaired) electrons. The van der Waals surface area contributed by atoms with Gasteiger partial charge in [-0.25, -0.2) is 5.84 Å². The molecule has 5 nitrogen and oxygen atoms in total. The lowest BCUT2D eigenvalue weighted by Crippen LogP contribution is -2.43. The SMILES string of the molecule is N=CCC(=O)C(=O)N(N)C1CC1. The normalized spacial score (nSPS) is 15.4. The van der Waals surface area contributed by atoms with Gasteiger partial charge in [0.25, 0.3) is 0 Å². The largest absolute Gasteiger partial charge is 0.313 e. The van der Waals surface area contributed by atoms with Gasteiger partial charge in [-0.1, -0.05) is 0 Å². The Hall–Kier alpha value is -1.23. The first kappa shape index (κ1) is 8.86. The Labute approximate surface area is 70.0 Å². The van der Waals surface area contributed by atoms with Gasteiger partial charge in [-0.2, -0.15) is 0 Å². The topological polar surface area (TPSA) is 87.2 Å². The van der Waals surface area contributed by atoms with Crippen LogP contribution in [0.5, 0.6) is 0 Å². The number of amides is 1. The predicted molar refractivity (Wildman–Crippen MR) is 42.5 cm³/mol. The van der Waals surface area contributed by atoms with Gasteiger partial charge in [0.2, 0.25) is 5.78 Å². The van der Waals surface area contributed by atoms with Gasteiger partial charge in [0.05, 0.1) is 6.42 Å². The molecule has 1 fully saturated rings. The molecule has 5 heteroatoms. The fourth-order valence-electron chi connectivity index (χ4n) is 0.843. The number of Topliss-reactive ketones (excluding diaryl/α,β-unsaturated/α-hetero) is 1. The number of carbonyl (C=O) groups excluding carboxylic acids is 2. The van der Waals surface area contributed by atoms with Gasteiger partial charge in [0.1, 0.15) is 0 Å². The van der Waals surface area contributed by atoms with Crippen molar-refractivity contribution in [3.63, 3.8) is 0 Å². The Bertz CT molecular complexity index is 223. The van der Waals surface area contributed by atoms with Crippen molar-refractivity contribution in [1.29, 1.82) is 5.41 Å². The highest BCUT2D eigenvalue weighted by Crippen LogP contribution is 2.24. The molecule has 0 heterocycles. The van der Waals surface area contributed by atoms with Gasteiger partial charge < -0.3 is 5.41 Å². The van der Waals surface area contributed by atoms with Crippen molar-refractivity contribution in [3.8, 4) is 0 Å². The highest BCUT2D eigenvalue weighted by atomic mass is 16.2. The average Bonchev–Trinajstić information content (AvgIpc) is 2.84. The molecular formula is C7H11N3O2. The molecule has 0 bridgehead atoms. The van der Waals surface area contributed by atoms with E-state index in [0.717, 1.165) is 24.1 Å². The van der Waals surface area contributed by atoms with E-state index in [1.165, 1.54) is 0 Å². The minimum Gasteiger partial charge on any atom is -0.313 e. The fourth-order valence-corrected chi connectivity index (χ4v) is 0.843. The molecule has 12 heavy (non-hydrogen) atoms. The minimum absolute atomic E-state index is 0.0483. The standard InChI is InChI=1S/C7H11N3O2/c8-4-3-6(11)7(12)10(9)5-1-2-5/h4-5,8H,1-3,9H2. The lowest BCUT2D eigenvalue weighted by molar-refractivity contribution is -0.144. The second-order valence-corrected chi connectivity index (χ2v) is 2.78. The van der Waals surface area contributed by atoms with Crippen LogP contribution in [0.15, 0.2) is 0 Å². The van der Waals surface area contributed by atoms with Gasteiger partial charge in [0, 0.05) is 12.3 Å². The van der Waals surface area contributed by atoms with Crippen LogP contribution in [0.1, 0.15) is 19.3 Å². The first-order chi connectivity index (χ1) is 5.66. The maximum atomic E-state index is 11.1. The Kier molecular flexibility index (Phi) is 2.54. The summed E-state index contributed by atoms with van der Waals surface area (Å²) in [7, 11) is 0. The van der Waals surface area contributed by atoms with Gasteiger partial charge in [-0.15, -0.1) is 0 Å². The molecule has 0 aromatic carbocycles. The van der Waals surface area contributed by atoms with E-state index >= 15 is 0 Å². The Balaban J connectivity index is 2.44. The van der Waals surface area contributed by atoms with Crippen molar-refractivity contribution < 1.29 is 9.59 Å². The van der Waals surface area contributed by atoms with E-state index in [-0.39, 0.29) is 12.5 Å². The van der Waals surface area contributed by atoms with E-state index in [2.05, 4.69) is 0 Å². The van der Waals surface area contributed by atoms with E-state index in [9.17, 15) is 9.59 Å². The van der Waals surface area contributed by atoms with Crippen LogP contribution < -0.4 is 5.84 Å². The molecule has 0 saturated heterocycles. The van der Waals surface area contributed by atoms with Crippen LogP contribution in [0.3, 0.4) is 0 Å². The maximum Gasteiger partial charge on any atom is 0.304 e. The smallest absolute Gasteiger partial charge is 0.304 e. The van der Waals surface area contributed by atoms with Crippen molar-refractivity contribution in [3.05, 3.63) is 0 Å². The van der Waals surface area contributed by atoms with Crippen LogP contribution in [-0.4, -0.2) is 29.0 Å². The van der Waals surface area contributed by atoms with E-state index in [0.29, 0.717) is 0 Å². The monoisotopic (exact) mass is 169 g/mol. The number of carbonyl (C=O) groups is 2. The van der Waals surface area contributed by atoms with Gasteiger partial charge in [-0.05, 0) is 12.8 Å². The lowest BCUT2D eigenvalue weighted by Gasteiger charge is -2.13. The number of ketones is 1. The molecule has 0 aliphatic heterocycles. The third-order valence-corrected chi connectivity index (χ3v) is 1.70. The molecule has 1 rings (SSSR count). The first-order valence-corrected chi connectivity index (χ1v) is 3.77. The van der Waals surface area contributed by atoms with E-state index in [1.807, 2.05) is 0 Å². The number of hydrogen-bond acceptors (Lipinski definition) is 4. The van der Waals surface area contributed by atoms with Gasteiger partial charge in [0.15, 0.2) is 0 Å². The van der Waals surface area contributed by atoms with Crippen LogP contribution in [0.25, 0.3) is 0 Å². The molecule has 66 valence electrons. The fraction of sp³-hybridized carbons (Fsp3) is 0.571. The van der Waals surface area contributed by atoms with Crippen LogP contribution in [0.4, 0.5) is 0 Å². The Morgan fingerprint density at radius 1 is 1.58 bits per heavy atom. The number of nitrogens with two attached hydrogens (primary N) is 1. The molecule has 1 aliphatic carbocycles. The molecule has 0 spiro atoms. The summed E-state index contributed by atoms with van der Waals surface area (Å²) in [5.41, 5.74) is 0. The van der Waals surface area contributed by atoms with E-state index in [4.69, 9.17) is 11.3 Å². The zero-order chi connectivity index (χ0) is 9.14. The summed E-state index contributed by atoms with van der Waals surface area (Å²) in [4.78, 5) is 22.0. The predicted octanol–water partition coefficient (Wildman–Crippen LogP) is -0.540. The van der Waals surface area contributed by atoms with Gasteiger partial charge in [-0.3, -0.25) is 14.6 Å². The zero-order valence-electron chi connectivity index (χ0n) is 6.62. The quantitative estimate of drug-likeness (QED) is 0.195. The molecule has 0 unspecified atom stereocenters. The number of rotatable bonds is 4. The second-order valence-electron chi connectivity index (χ2n) is 2.78. The minimum atomic E-state index is -0.680. The first-order valence-electron chi connectivity index (χ1n) is 3.77. The zero-order valence-corrected chi connectivity index (χ0v) is 6.62. The number of hydrazine groups is 1. The van der Waals surface area contributed by atoms with Crippen molar-refractivity contribution in [1.82, 2.24) is 5.01 Å². The van der Waals surface area contributed by atoms with Crippen molar-refractivity contribution in [2.75, 3.05) is 0 Å². The average molecular weight is 169 g/mol. The molecule has 0 aromatic rings. The summed E-state index contributed by atoms with van der Waals surface area (Å²) >= 11 is 0. The second kappa shape index (κ2) is 3.44. The van der Waals surface area contributed by atoms with Crippen molar-refractivity contribution >= 4 is 17.9 Å². The molecule has 1 aliphatic rings. The molecule has 0 atom stereocenters. The third-order valence-electron chi connectivity index (χ3n) is 1.70. The third kappa shape index (κ3) is 1.88. The summed E-state index contributed by atoms with van der Waals surface area (Å²) in [6.45, 7) is 0. The summed E-state index contributed by atoms with van der Waals surface area (Å²) in [5.74, 6) is 4.05. The van der Waals surface area contributed by atoms with E-state index in [1.54, 1.807) is 0 Å². The summed E-state index contributed by atoms with van der Waals surface area (Å²) in [5, 5.41) is 7.61. The molecule has 3 N–H and O–H groups in total. The number of nitrogens with zero attached hydrogens (tertiary/aromatic N) is 1. The Morgan fingerprint density at radius 2 is 2.17 bits per heavy atom. The number of hydrogen-bond donors (Lipinski definition) is 2. The van der Waals surface area contributed by atoms with Crippen LogP contribution in [-0.2, 0) is 9.59 Å². The molecular weight excluding hydrogens is 158 g/mol. The summed E-state index contributed by atoms with van der Waals surface area (Å²) < 4.78 is 0. The van der Waals surface area contributed by atoms with Gasteiger partial charge >= 0.3 is 5.91 Å². The molecule has 1 saturated carbocycles. The van der Waals surface area contributed by atoms with Crippen LogP contribution in [0, 0.1) is 5.41 Å². The maximum absolute atomic E-state index is 11.1. The van der Waals surface area contributed by atoms with Crippen molar-refractivity contribution in [2.24, 2.45) is 5.84 Å². The van der Waals surface area contributed by atoms with Crippen LogP contribution in [0.2, 0.25) is 0 Å². The van der Waals surface area contributed by atoms with Crippen molar-refractivity contribution in [2.45, 2.75) is 25.3 Å². The highest BCUT2D eigenvalue weighted by molar-refractivity contribution is 6.38. The molecule has 0 aromatic heterocycles. The summed E-state index contributed by atoms with van der Waals surface area (Å²) in [6.07, 6.45) is 2.50. The highest BCUT2D eigenvalue weighted by Gasteiger charge is 2.32.